The highest BCUT2D eigenvalue weighted by Crippen LogP contribution is 2.36. The average molecular weight is 493 g/mol. The van der Waals surface area contributed by atoms with E-state index in [1.54, 1.807) is 30.3 Å². The SMILES string of the molecule is COc1cccc(OC)c1OCC(O)CNC(=O)CCc1c(-c2ccc(F)cc2)[nH]c2ccccc12. The van der Waals surface area contributed by atoms with Gasteiger partial charge in [-0.2, -0.15) is 0 Å². The number of para-hydroxylation sites is 2. The molecule has 0 fully saturated rings. The van der Waals surface area contributed by atoms with Gasteiger partial charge in [0.1, 0.15) is 18.5 Å². The van der Waals surface area contributed by atoms with Crippen LogP contribution in [0.3, 0.4) is 0 Å². The molecular weight excluding hydrogens is 463 g/mol. The number of nitrogens with one attached hydrogen (secondary N) is 2. The van der Waals surface area contributed by atoms with Crippen LogP contribution in [0.4, 0.5) is 4.39 Å². The van der Waals surface area contributed by atoms with Crippen LogP contribution < -0.4 is 19.5 Å². The molecule has 1 aromatic heterocycles. The molecule has 1 amide bonds. The molecule has 0 radical (unpaired) electrons. The summed E-state index contributed by atoms with van der Waals surface area (Å²) in [4.78, 5) is 16.0. The summed E-state index contributed by atoms with van der Waals surface area (Å²) in [5, 5.41) is 14.1. The largest absolute Gasteiger partial charge is 0.493 e. The van der Waals surface area contributed by atoms with Crippen molar-refractivity contribution in [1.82, 2.24) is 10.3 Å². The fourth-order valence-electron chi connectivity index (χ4n) is 4.08. The molecule has 36 heavy (non-hydrogen) atoms. The number of carbonyl (C=O) groups excluding carboxylic acids is 1. The summed E-state index contributed by atoms with van der Waals surface area (Å²) in [6.07, 6.45) is -0.219. The maximum absolute atomic E-state index is 13.4. The number of fused-ring (bicyclic) bond motifs is 1. The number of hydrogen-bond acceptors (Lipinski definition) is 5. The van der Waals surface area contributed by atoms with Gasteiger partial charge in [-0.15, -0.1) is 0 Å². The smallest absolute Gasteiger partial charge is 0.220 e. The number of methoxy groups -OCH3 is 2. The van der Waals surface area contributed by atoms with E-state index in [9.17, 15) is 14.3 Å². The average Bonchev–Trinajstić information content (AvgIpc) is 3.28. The Hall–Kier alpha value is -4.04. The number of carbonyl (C=O) groups is 1. The number of aliphatic hydroxyl groups is 1. The van der Waals surface area contributed by atoms with Gasteiger partial charge in [-0.25, -0.2) is 4.39 Å². The predicted octanol–water partition coefficient (Wildman–Crippen LogP) is 4.48. The molecule has 1 heterocycles. The van der Waals surface area contributed by atoms with E-state index in [4.69, 9.17) is 14.2 Å². The Morgan fingerprint density at radius 1 is 1.00 bits per heavy atom. The van der Waals surface area contributed by atoms with Crippen molar-refractivity contribution in [2.75, 3.05) is 27.4 Å². The first-order valence-corrected chi connectivity index (χ1v) is 11.6. The summed E-state index contributed by atoms with van der Waals surface area (Å²) in [6.45, 7) is -0.0107. The number of aromatic amines is 1. The Labute approximate surface area is 208 Å². The number of aliphatic hydroxyl groups excluding tert-OH is 1. The maximum Gasteiger partial charge on any atom is 0.220 e. The number of ether oxygens (including phenoxy) is 3. The lowest BCUT2D eigenvalue weighted by Gasteiger charge is -2.17. The fraction of sp³-hybridized carbons (Fsp3) is 0.250. The molecule has 1 unspecified atom stereocenters. The number of amides is 1. The van der Waals surface area contributed by atoms with E-state index in [-0.39, 0.29) is 31.3 Å². The van der Waals surface area contributed by atoms with Gasteiger partial charge in [-0.05, 0) is 60.0 Å². The first-order chi connectivity index (χ1) is 17.5. The first kappa shape index (κ1) is 25.1. The monoisotopic (exact) mass is 492 g/mol. The minimum atomic E-state index is -0.925. The van der Waals surface area contributed by atoms with Crippen LogP contribution in [0.5, 0.6) is 17.2 Å². The summed E-state index contributed by atoms with van der Waals surface area (Å²) in [5.74, 6) is 0.866. The molecule has 0 aliphatic rings. The van der Waals surface area contributed by atoms with Crippen LogP contribution >= 0.6 is 0 Å². The second kappa shape index (κ2) is 11.6. The summed E-state index contributed by atoms with van der Waals surface area (Å²) < 4.78 is 29.7. The van der Waals surface area contributed by atoms with Crippen molar-refractivity contribution in [1.29, 1.82) is 0 Å². The van der Waals surface area contributed by atoms with E-state index in [1.807, 2.05) is 24.3 Å². The number of H-pyrrole nitrogens is 1. The molecule has 1 atom stereocenters. The molecule has 3 aromatic carbocycles. The number of aryl methyl sites for hydroxylation is 1. The zero-order valence-corrected chi connectivity index (χ0v) is 20.2. The molecule has 7 nitrogen and oxygen atoms in total. The molecule has 188 valence electrons. The summed E-state index contributed by atoms with van der Waals surface area (Å²) >= 11 is 0. The lowest BCUT2D eigenvalue weighted by atomic mass is 10.0. The standard InChI is InChI=1S/C28H29FN2O5/c1-34-24-8-5-9-25(35-2)28(24)36-17-20(32)16-30-26(33)15-14-22-21-6-3-4-7-23(21)31-27(22)18-10-12-19(29)13-11-18/h3-13,20,31-32H,14-17H2,1-2H3,(H,30,33). The molecule has 4 rings (SSSR count). The van der Waals surface area contributed by atoms with Crippen LogP contribution in [0.25, 0.3) is 22.2 Å². The van der Waals surface area contributed by atoms with Crippen LogP contribution in [-0.2, 0) is 11.2 Å². The van der Waals surface area contributed by atoms with Gasteiger partial charge in [0.05, 0.1) is 14.2 Å². The zero-order valence-electron chi connectivity index (χ0n) is 20.2. The third kappa shape index (κ3) is 5.78. The number of hydrogen-bond donors (Lipinski definition) is 3. The van der Waals surface area contributed by atoms with Gasteiger partial charge in [0.2, 0.25) is 11.7 Å². The number of halogens is 1. The maximum atomic E-state index is 13.4. The molecule has 8 heteroatoms. The lowest BCUT2D eigenvalue weighted by Crippen LogP contribution is -2.35. The van der Waals surface area contributed by atoms with Crippen molar-refractivity contribution in [3.8, 4) is 28.5 Å². The third-order valence-electron chi connectivity index (χ3n) is 5.89. The van der Waals surface area contributed by atoms with Crippen LogP contribution in [0, 0.1) is 5.82 Å². The first-order valence-electron chi connectivity index (χ1n) is 11.6. The topological polar surface area (TPSA) is 92.8 Å². The highest BCUT2D eigenvalue weighted by molar-refractivity contribution is 5.91. The van der Waals surface area contributed by atoms with E-state index in [0.717, 1.165) is 27.7 Å². The van der Waals surface area contributed by atoms with E-state index < -0.39 is 6.10 Å². The van der Waals surface area contributed by atoms with Gasteiger partial charge in [-0.1, -0.05) is 24.3 Å². The number of rotatable bonds is 11. The summed E-state index contributed by atoms with van der Waals surface area (Å²) in [7, 11) is 3.04. The Balaban J connectivity index is 1.35. The van der Waals surface area contributed by atoms with Gasteiger partial charge in [-0.3, -0.25) is 4.79 Å². The van der Waals surface area contributed by atoms with Crippen LogP contribution in [0.15, 0.2) is 66.7 Å². The van der Waals surface area contributed by atoms with Crippen molar-refractivity contribution in [2.24, 2.45) is 0 Å². The Morgan fingerprint density at radius 2 is 1.69 bits per heavy atom. The zero-order chi connectivity index (χ0) is 25.5. The van der Waals surface area contributed by atoms with Gasteiger partial charge >= 0.3 is 0 Å². The highest BCUT2D eigenvalue weighted by atomic mass is 19.1. The molecule has 0 spiro atoms. The van der Waals surface area contributed by atoms with Crippen LogP contribution in [0.2, 0.25) is 0 Å². The van der Waals surface area contributed by atoms with Crippen molar-refractivity contribution in [3.05, 3.63) is 78.1 Å². The summed E-state index contributed by atoms with van der Waals surface area (Å²) in [6, 6.07) is 19.4. The van der Waals surface area contributed by atoms with Gasteiger partial charge < -0.3 is 29.6 Å². The van der Waals surface area contributed by atoms with E-state index >= 15 is 0 Å². The van der Waals surface area contributed by atoms with Crippen molar-refractivity contribution in [3.63, 3.8) is 0 Å². The number of aromatic nitrogens is 1. The second-order valence-corrected chi connectivity index (χ2v) is 8.29. The Bertz CT molecular complexity index is 1300. The second-order valence-electron chi connectivity index (χ2n) is 8.29. The predicted molar refractivity (Wildman–Crippen MR) is 136 cm³/mol. The van der Waals surface area contributed by atoms with E-state index in [2.05, 4.69) is 10.3 Å². The third-order valence-corrected chi connectivity index (χ3v) is 5.89. The van der Waals surface area contributed by atoms with Gasteiger partial charge in [0.25, 0.3) is 0 Å². The molecule has 0 aliphatic heterocycles. The van der Waals surface area contributed by atoms with Gasteiger partial charge in [0, 0.05) is 29.6 Å². The normalized spacial score (nSPS) is 11.8. The fourth-order valence-corrected chi connectivity index (χ4v) is 4.08. The van der Waals surface area contributed by atoms with Crippen LogP contribution in [0.1, 0.15) is 12.0 Å². The molecule has 3 N–H and O–H groups in total. The molecule has 0 saturated carbocycles. The van der Waals surface area contributed by atoms with E-state index in [0.29, 0.717) is 23.7 Å². The summed E-state index contributed by atoms with van der Waals surface area (Å²) in [5.41, 5.74) is 3.65. The minimum absolute atomic E-state index is 0.0367. The van der Waals surface area contributed by atoms with E-state index in [1.165, 1.54) is 26.4 Å². The van der Waals surface area contributed by atoms with Crippen molar-refractivity contribution < 1.29 is 28.5 Å². The van der Waals surface area contributed by atoms with Crippen LogP contribution in [-0.4, -0.2) is 49.5 Å². The molecular formula is C28H29FN2O5. The minimum Gasteiger partial charge on any atom is -0.493 e. The molecule has 0 bridgehead atoms. The van der Waals surface area contributed by atoms with Crippen molar-refractivity contribution >= 4 is 16.8 Å². The number of benzene rings is 3. The molecule has 0 aliphatic carbocycles. The van der Waals surface area contributed by atoms with Crippen molar-refractivity contribution in [2.45, 2.75) is 18.9 Å². The molecule has 4 aromatic rings. The lowest BCUT2D eigenvalue weighted by molar-refractivity contribution is -0.121. The highest BCUT2D eigenvalue weighted by Gasteiger charge is 2.17. The Morgan fingerprint density at radius 3 is 2.39 bits per heavy atom. The van der Waals surface area contributed by atoms with Gasteiger partial charge in [0.15, 0.2) is 11.5 Å². The quantitative estimate of drug-likeness (QED) is 0.287. The Kier molecular flexibility index (Phi) is 8.07. The molecule has 0 saturated heterocycles.